The van der Waals surface area contributed by atoms with Gasteiger partial charge in [-0.2, -0.15) is 0 Å². The molecule has 0 N–H and O–H groups in total. The van der Waals surface area contributed by atoms with Crippen LogP contribution in [0, 0.1) is 0 Å². The third-order valence-corrected chi connectivity index (χ3v) is 5.78. The van der Waals surface area contributed by atoms with Gasteiger partial charge in [0.2, 0.25) is 0 Å². The lowest BCUT2D eigenvalue weighted by Gasteiger charge is -2.11. The summed E-state index contributed by atoms with van der Waals surface area (Å²) in [4.78, 5) is 5.03. The monoisotopic (exact) mass is 396 g/mol. The van der Waals surface area contributed by atoms with Crippen molar-refractivity contribution in [2.45, 2.75) is 0 Å². The highest BCUT2D eigenvalue weighted by molar-refractivity contribution is 6.05. The van der Waals surface area contributed by atoms with E-state index in [9.17, 15) is 0 Å². The smallest absolute Gasteiger partial charge is 0.138 e. The molecule has 31 heavy (non-hydrogen) atoms. The van der Waals surface area contributed by atoms with Crippen LogP contribution in [-0.2, 0) is 0 Å². The Labute approximate surface area is 181 Å². The summed E-state index contributed by atoms with van der Waals surface area (Å²) in [6.45, 7) is 0. The first kappa shape index (κ1) is 17.7. The Balaban J connectivity index is 1.77. The predicted octanol–water partition coefficient (Wildman–Crippen LogP) is 7.46. The Bertz CT molecular complexity index is 1430. The van der Waals surface area contributed by atoms with Crippen molar-refractivity contribution in [1.29, 1.82) is 0 Å². The molecular weight excluding hydrogens is 376 g/mol. The first-order chi connectivity index (χ1) is 15.4. The van der Waals surface area contributed by atoms with E-state index in [1.165, 1.54) is 27.8 Å². The van der Waals surface area contributed by atoms with Crippen LogP contribution in [0.4, 0.5) is 0 Å². The van der Waals surface area contributed by atoms with E-state index >= 15 is 0 Å². The Morgan fingerprint density at radius 1 is 0.516 bits per heavy atom. The number of fused-ring (bicyclic) bond motifs is 2. The highest BCUT2D eigenvalue weighted by Crippen LogP contribution is 2.43. The highest BCUT2D eigenvalue weighted by Gasteiger charge is 2.22. The van der Waals surface area contributed by atoms with Crippen molar-refractivity contribution in [2.75, 3.05) is 0 Å². The van der Waals surface area contributed by atoms with E-state index in [0.717, 1.165) is 22.6 Å². The standard InChI is InChI=1S/C29H20N2/c1-4-12-21(13-5-1)28-24-17-10-11-19-26(24)31(29(28)22-14-6-2-7-15-22)27-20-23-16-8-3-9-18-25(23)30-27/h1-20H. The molecule has 1 aromatic heterocycles. The van der Waals surface area contributed by atoms with Gasteiger partial charge in [-0.05, 0) is 29.3 Å². The molecule has 6 rings (SSSR count). The average molecular weight is 396 g/mol. The van der Waals surface area contributed by atoms with Crippen LogP contribution in [0.5, 0.6) is 0 Å². The van der Waals surface area contributed by atoms with Crippen molar-refractivity contribution in [1.82, 2.24) is 9.55 Å². The zero-order valence-corrected chi connectivity index (χ0v) is 16.9. The van der Waals surface area contributed by atoms with Crippen molar-refractivity contribution < 1.29 is 0 Å². The summed E-state index contributed by atoms with van der Waals surface area (Å²) in [6, 6.07) is 42.4. The van der Waals surface area contributed by atoms with Crippen molar-refractivity contribution in [3.63, 3.8) is 0 Å². The van der Waals surface area contributed by atoms with Gasteiger partial charge in [0.05, 0.1) is 16.9 Å². The number of hydrogen-bond donors (Lipinski definition) is 0. The molecular formula is C29H20N2. The number of hydrogen-bond acceptors (Lipinski definition) is 1. The summed E-state index contributed by atoms with van der Waals surface area (Å²) in [5, 5.41) is 1.23. The van der Waals surface area contributed by atoms with Crippen molar-refractivity contribution in [3.05, 3.63) is 121 Å². The molecule has 0 saturated heterocycles. The molecule has 1 aliphatic carbocycles. The van der Waals surface area contributed by atoms with E-state index in [2.05, 4.69) is 114 Å². The second-order valence-electron chi connectivity index (χ2n) is 7.67. The molecule has 0 amide bonds. The molecule has 0 atom stereocenters. The second-order valence-corrected chi connectivity index (χ2v) is 7.67. The van der Waals surface area contributed by atoms with E-state index in [4.69, 9.17) is 4.98 Å². The minimum absolute atomic E-state index is 0.943. The lowest BCUT2D eigenvalue weighted by atomic mass is 9.98. The predicted molar refractivity (Wildman–Crippen MR) is 129 cm³/mol. The minimum atomic E-state index is 0.943. The van der Waals surface area contributed by atoms with Gasteiger partial charge < -0.3 is 0 Å². The molecule has 0 spiro atoms. The number of para-hydroxylation sites is 1. The first-order valence-electron chi connectivity index (χ1n) is 10.5. The number of benzene rings is 3. The van der Waals surface area contributed by atoms with Gasteiger partial charge in [-0.3, -0.25) is 4.57 Å². The van der Waals surface area contributed by atoms with Crippen LogP contribution in [0.1, 0.15) is 0 Å². The molecule has 2 aliphatic rings. The third kappa shape index (κ3) is 2.92. The largest absolute Gasteiger partial charge is 0.293 e. The fourth-order valence-electron chi connectivity index (χ4n) is 4.43. The molecule has 0 unspecified atom stereocenters. The van der Waals surface area contributed by atoms with Gasteiger partial charge in [0.15, 0.2) is 0 Å². The lowest BCUT2D eigenvalue weighted by Crippen LogP contribution is -1.97. The summed E-state index contributed by atoms with van der Waals surface area (Å²) in [5.74, 6) is 0.943. The summed E-state index contributed by atoms with van der Waals surface area (Å²) >= 11 is 0. The lowest BCUT2D eigenvalue weighted by molar-refractivity contribution is 1.08. The SMILES string of the molecule is c1ccc(-c2c(-c3ccccc3)n(-c3cc4cccccc-4n3)c3ccccc23)cc1. The molecule has 0 bridgehead atoms. The highest BCUT2D eigenvalue weighted by atomic mass is 15.1. The number of nitrogens with zero attached hydrogens (tertiary/aromatic N) is 2. The first-order valence-corrected chi connectivity index (χ1v) is 10.5. The van der Waals surface area contributed by atoms with Crippen LogP contribution in [-0.4, -0.2) is 9.55 Å². The van der Waals surface area contributed by atoms with Gasteiger partial charge in [-0.15, -0.1) is 0 Å². The Kier molecular flexibility index (Phi) is 4.14. The Morgan fingerprint density at radius 3 is 1.84 bits per heavy atom. The molecule has 3 aromatic carbocycles. The average Bonchev–Trinajstić information content (AvgIpc) is 3.31. The summed E-state index contributed by atoms with van der Waals surface area (Å²) in [7, 11) is 0. The molecule has 2 heterocycles. The van der Waals surface area contributed by atoms with Gasteiger partial charge in [0.1, 0.15) is 5.82 Å². The number of rotatable bonds is 3. The van der Waals surface area contributed by atoms with E-state index in [1.807, 2.05) is 12.1 Å². The van der Waals surface area contributed by atoms with Gasteiger partial charge in [-0.25, -0.2) is 4.98 Å². The van der Waals surface area contributed by atoms with E-state index in [0.29, 0.717) is 0 Å². The van der Waals surface area contributed by atoms with Crippen molar-refractivity contribution >= 4 is 10.9 Å². The van der Waals surface area contributed by atoms with Crippen LogP contribution in [0.2, 0.25) is 0 Å². The molecule has 0 saturated carbocycles. The van der Waals surface area contributed by atoms with Gasteiger partial charge in [-0.1, -0.05) is 103 Å². The van der Waals surface area contributed by atoms with Gasteiger partial charge >= 0.3 is 0 Å². The topological polar surface area (TPSA) is 17.8 Å². The fraction of sp³-hybridized carbons (Fsp3) is 0. The second kappa shape index (κ2) is 7.26. The summed E-state index contributed by atoms with van der Waals surface area (Å²) < 4.78 is 2.31. The van der Waals surface area contributed by atoms with Crippen LogP contribution in [0.25, 0.3) is 50.4 Å². The molecule has 0 radical (unpaired) electrons. The molecule has 4 aromatic rings. The Hall–Kier alpha value is -4.17. The zero-order valence-electron chi connectivity index (χ0n) is 16.9. The van der Waals surface area contributed by atoms with E-state index in [-0.39, 0.29) is 0 Å². The van der Waals surface area contributed by atoms with E-state index < -0.39 is 0 Å². The van der Waals surface area contributed by atoms with Crippen LogP contribution >= 0.6 is 0 Å². The number of aromatic nitrogens is 2. The summed E-state index contributed by atoms with van der Waals surface area (Å²) in [5.41, 5.74) is 8.08. The quantitative estimate of drug-likeness (QED) is 0.303. The van der Waals surface area contributed by atoms with Crippen LogP contribution in [0.15, 0.2) is 121 Å². The molecule has 2 heteroatoms. The Morgan fingerprint density at radius 2 is 1.10 bits per heavy atom. The fourth-order valence-corrected chi connectivity index (χ4v) is 4.43. The molecule has 1 aliphatic heterocycles. The van der Waals surface area contributed by atoms with Gasteiger partial charge in [0.25, 0.3) is 0 Å². The maximum Gasteiger partial charge on any atom is 0.138 e. The minimum Gasteiger partial charge on any atom is -0.293 e. The van der Waals surface area contributed by atoms with Crippen molar-refractivity contribution in [3.8, 4) is 39.5 Å². The molecule has 0 fully saturated rings. The maximum absolute atomic E-state index is 5.03. The van der Waals surface area contributed by atoms with Crippen molar-refractivity contribution in [2.24, 2.45) is 0 Å². The summed E-state index contributed by atoms with van der Waals surface area (Å²) in [6.07, 6.45) is 0. The van der Waals surface area contributed by atoms with Gasteiger partial charge in [0, 0.05) is 16.5 Å². The molecule has 2 nitrogen and oxygen atoms in total. The molecule has 146 valence electrons. The maximum atomic E-state index is 5.03. The normalized spacial score (nSPS) is 11.2. The van der Waals surface area contributed by atoms with Crippen LogP contribution < -0.4 is 0 Å². The zero-order chi connectivity index (χ0) is 20.6. The third-order valence-electron chi connectivity index (χ3n) is 5.78. The van der Waals surface area contributed by atoms with Crippen LogP contribution in [0.3, 0.4) is 0 Å². The van der Waals surface area contributed by atoms with E-state index in [1.54, 1.807) is 0 Å².